The SMILES string of the molecule is CCCCN(CCCC)CCCNCc1cn(C)c2ccccc12. The minimum atomic E-state index is 0.964. The smallest absolute Gasteiger partial charge is 0.0481 e. The largest absolute Gasteiger partial charge is 0.350 e. The monoisotopic (exact) mass is 329 g/mol. The molecule has 134 valence electrons. The molecular formula is C21H35N3. The average molecular weight is 330 g/mol. The quantitative estimate of drug-likeness (QED) is 0.576. The number of unbranched alkanes of at least 4 members (excludes halogenated alkanes) is 2. The first-order valence-electron chi connectivity index (χ1n) is 9.72. The van der Waals surface area contributed by atoms with E-state index < -0.39 is 0 Å². The van der Waals surface area contributed by atoms with Crippen molar-refractivity contribution >= 4 is 10.9 Å². The van der Waals surface area contributed by atoms with E-state index in [0.717, 1.165) is 13.1 Å². The van der Waals surface area contributed by atoms with Crippen molar-refractivity contribution in [3.05, 3.63) is 36.0 Å². The maximum Gasteiger partial charge on any atom is 0.0481 e. The van der Waals surface area contributed by atoms with Gasteiger partial charge in [0.15, 0.2) is 0 Å². The number of aromatic nitrogens is 1. The van der Waals surface area contributed by atoms with Gasteiger partial charge in [0, 0.05) is 30.7 Å². The van der Waals surface area contributed by atoms with Crippen LogP contribution in [0.15, 0.2) is 30.5 Å². The number of para-hydroxylation sites is 1. The maximum absolute atomic E-state index is 3.63. The molecule has 0 saturated carbocycles. The van der Waals surface area contributed by atoms with Gasteiger partial charge in [-0.25, -0.2) is 0 Å². The number of nitrogens with one attached hydrogen (secondary N) is 1. The first-order chi connectivity index (χ1) is 11.8. The predicted octanol–water partition coefficient (Wildman–Crippen LogP) is 4.56. The summed E-state index contributed by atoms with van der Waals surface area (Å²) in [6.07, 6.45) is 8.73. The lowest BCUT2D eigenvalue weighted by Crippen LogP contribution is -2.29. The number of rotatable bonds is 12. The molecule has 0 spiro atoms. The maximum atomic E-state index is 3.63. The minimum absolute atomic E-state index is 0.964. The van der Waals surface area contributed by atoms with Gasteiger partial charge in [-0.1, -0.05) is 44.9 Å². The van der Waals surface area contributed by atoms with E-state index in [1.165, 1.54) is 68.2 Å². The summed E-state index contributed by atoms with van der Waals surface area (Å²) >= 11 is 0. The molecule has 0 aliphatic carbocycles. The molecule has 0 fully saturated rings. The Morgan fingerprint density at radius 2 is 1.62 bits per heavy atom. The number of nitrogens with zero attached hydrogens (tertiary/aromatic N) is 2. The molecule has 1 N–H and O–H groups in total. The fourth-order valence-electron chi connectivity index (χ4n) is 3.32. The van der Waals surface area contributed by atoms with Gasteiger partial charge >= 0.3 is 0 Å². The standard InChI is InChI=1S/C21H35N3/c1-4-6-14-24(15-7-5-2)16-10-13-22-17-19-18-23(3)21-12-9-8-11-20(19)21/h8-9,11-12,18,22H,4-7,10,13-17H2,1-3H3. The molecule has 0 bridgehead atoms. The van der Waals surface area contributed by atoms with E-state index in [9.17, 15) is 0 Å². The molecule has 0 radical (unpaired) electrons. The molecule has 2 rings (SSSR count). The van der Waals surface area contributed by atoms with Crippen LogP contribution in [0.2, 0.25) is 0 Å². The van der Waals surface area contributed by atoms with Gasteiger partial charge in [0.25, 0.3) is 0 Å². The van der Waals surface area contributed by atoms with Crippen LogP contribution in [0.25, 0.3) is 10.9 Å². The third kappa shape index (κ3) is 5.64. The summed E-state index contributed by atoms with van der Waals surface area (Å²) in [7, 11) is 2.13. The predicted molar refractivity (Wildman–Crippen MR) is 105 cm³/mol. The second-order valence-corrected chi connectivity index (χ2v) is 6.86. The lowest BCUT2D eigenvalue weighted by atomic mass is 10.2. The van der Waals surface area contributed by atoms with E-state index in [1.54, 1.807) is 0 Å². The summed E-state index contributed by atoms with van der Waals surface area (Å²) in [6.45, 7) is 10.4. The molecule has 3 heteroatoms. The van der Waals surface area contributed by atoms with Crippen LogP contribution in [-0.2, 0) is 13.6 Å². The highest BCUT2D eigenvalue weighted by Gasteiger charge is 2.06. The number of hydrogen-bond donors (Lipinski definition) is 1. The summed E-state index contributed by atoms with van der Waals surface area (Å²) in [5.74, 6) is 0. The van der Waals surface area contributed by atoms with E-state index in [1.807, 2.05) is 0 Å². The average Bonchev–Trinajstić information content (AvgIpc) is 2.93. The molecule has 0 unspecified atom stereocenters. The number of aryl methyl sites for hydroxylation is 1. The summed E-state index contributed by atoms with van der Waals surface area (Å²) < 4.78 is 2.23. The van der Waals surface area contributed by atoms with Gasteiger partial charge in [-0.3, -0.25) is 0 Å². The number of benzene rings is 1. The van der Waals surface area contributed by atoms with Crippen LogP contribution in [0.3, 0.4) is 0 Å². The number of hydrogen-bond acceptors (Lipinski definition) is 2. The van der Waals surface area contributed by atoms with Crippen LogP contribution < -0.4 is 5.32 Å². The van der Waals surface area contributed by atoms with Crippen LogP contribution in [0, 0.1) is 0 Å². The Bertz CT molecular complexity index is 580. The van der Waals surface area contributed by atoms with Crippen LogP contribution in [0.4, 0.5) is 0 Å². The Labute approximate surface area is 148 Å². The van der Waals surface area contributed by atoms with Gasteiger partial charge < -0.3 is 14.8 Å². The van der Waals surface area contributed by atoms with Gasteiger partial charge in [-0.05, 0) is 57.1 Å². The van der Waals surface area contributed by atoms with Crippen molar-refractivity contribution in [1.29, 1.82) is 0 Å². The van der Waals surface area contributed by atoms with Crippen molar-refractivity contribution in [3.63, 3.8) is 0 Å². The molecule has 0 saturated heterocycles. The highest BCUT2D eigenvalue weighted by atomic mass is 15.1. The summed E-state index contributed by atoms with van der Waals surface area (Å²) in [5.41, 5.74) is 2.72. The van der Waals surface area contributed by atoms with Crippen molar-refractivity contribution < 1.29 is 0 Å². The van der Waals surface area contributed by atoms with Crippen molar-refractivity contribution in [1.82, 2.24) is 14.8 Å². The molecule has 2 aromatic rings. The van der Waals surface area contributed by atoms with Crippen molar-refractivity contribution in [2.45, 2.75) is 52.5 Å². The van der Waals surface area contributed by atoms with E-state index in [4.69, 9.17) is 0 Å². The molecule has 1 aromatic heterocycles. The lowest BCUT2D eigenvalue weighted by Gasteiger charge is -2.21. The molecular weight excluding hydrogens is 294 g/mol. The molecule has 3 nitrogen and oxygen atoms in total. The van der Waals surface area contributed by atoms with Crippen LogP contribution in [0.1, 0.15) is 51.5 Å². The zero-order valence-electron chi connectivity index (χ0n) is 15.9. The molecule has 0 atom stereocenters. The highest BCUT2D eigenvalue weighted by Crippen LogP contribution is 2.19. The zero-order valence-corrected chi connectivity index (χ0v) is 15.9. The Kier molecular flexibility index (Phi) is 8.34. The molecule has 0 amide bonds. The van der Waals surface area contributed by atoms with Crippen LogP contribution in [-0.4, -0.2) is 35.6 Å². The fraction of sp³-hybridized carbons (Fsp3) is 0.619. The Balaban J connectivity index is 1.73. The van der Waals surface area contributed by atoms with E-state index in [-0.39, 0.29) is 0 Å². The number of fused-ring (bicyclic) bond motifs is 1. The highest BCUT2D eigenvalue weighted by molar-refractivity contribution is 5.83. The topological polar surface area (TPSA) is 20.2 Å². The van der Waals surface area contributed by atoms with E-state index in [0.29, 0.717) is 0 Å². The van der Waals surface area contributed by atoms with Gasteiger partial charge in [-0.2, -0.15) is 0 Å². The third-order valence-electron chi connectivity index (χ3n) is 4.78. The second-order valence-electron chi connectivity index (χ2n) is 6.86. The van der Waals surface area contributed by atoms with Crippen molar-refractivity contribution in [2.24, 2.45) is 7.05 Å². The van der Waals surface area contributed by atoms with Gasteiger partial charge in [0.2, 0.25) is 0 Å². The van der Waals surface area contributed by atoms with E-state index >= 15 is 0 Å². The van der Waals surface area contributed by atoms with Gasteiger partial charge in [0.1, 0.15) is 0 Å². The van der Waals surface area contributed by atoms with Crippen molar-refractivity contribution in [2.75, 3.05) is 26.2 Å². The first kappa shape index (κ1) is 19.0. The summed E-state index contributed by atoms with van der Waals surface area (Å²) in [5, 5.41) is 5.01. The Morgan fingerprint density at radius 1 is 0.958 bits per heavy atom. The molecule has 1 aromatic carbocycles. The summed E-state index contributed by atoms with van der Waals surface area (Å²) in [4.78, 5) is 2.65. The van der Waals surface area contributed by atoms with Gasteiger partial charge in [-0.15, -0.1) is 0 Å². The summed E-state index contributed by atoms with van der Waals surface area (Å²) in [6, 6.07) is 8.66. The first-order valence-corrected chi connectivity index (χ1v) is 9.72. The second kappa shape index (κ2) is 10.5. The van der Waals surface area contributed by atoms with Crippen LogP contribution >= 0.6 is 0 Å². The molecule has 0 aliphatic rings. The fourth-order valence-corrected chi connectivity index (χ4v) is 3.32. The normalized spacial score (nSPS) is 11.7. The van der Waals surface area contributed by atoms with Crippen LogP contribution in [0.5, 0.6) is 0 Å². The molecule has 0 aliphatic heterocycles. The lowest BCUT2D eigenvalue weighted by molar-refractivity contribution is 0.261. The van der Waals surface area contributed by atoms with Gasteiger partial charge in [0.05, 0.1) is 0 Å². The Hall–Kier alpha value is -1.32. The third-order valence-corrected chi connectivity index (χ3v) is 4.78. The molecule has 24 heavy (non-hydrogen) atoms. The Morgan fingerprint density at radius 3 is 2.33 bits per heavy atom. The minimum Gasteiger partial charge on any atom is -0.350 e. The van der Waals surface area contributed by atoms with Crippen molar-refractivity contribution in [3.8, 4) is 0 Å². The molecule has 1 heterocycles. The zero-order chi connectivity index (χ0) is 17.2. The van der Waals surface area contributed by atoms with E-state index in [2.05, 4.69) is 66.1 Å².